The monoisotopic (exact) mass is 247 g/mol. The third-order valence-corrected chi connectivity index (χ3v) is 3.09. The Morgan fingerprint density at radius 2 is 1.94 bits per heavy atom. The molecule has 0 heterocycles. The summed E-state index contributed by atoms with van der Waals surface area (Å²) in [6.45, 7) is 9.01. The summed E-state index contributed by atoms with van der Waals surface area (Å²) in [5.41, 5.74) is 3.61. The minimum atomic E-state index is -0.491. The number of hydrogen-bond acceptors (Lipinski definition) is 2. The minimum Gasteiger partial charge on any atom is -0.335 e. The van der Waals surface area contributed by atoms with Gasteiger partial charge in [-0.1, -0.05) is 39.0 Å². The Kier molecular flexibility index (Phi) is 4.28. The van der Waals surface area contributed by atoms with E-state index in [9.17, 15) is 9.59 Å². The first-order chi connectivity index (χ1) is 8.25. The van der Waals surface area contributed by atoms with Gasteiger partial charge in [0.25, 0.3) is 5.91 Å². The number of carbonyl (C=O) groups excluding carboxylic acids is 2. The molecule has 0 spiro atoms. The maximum Gasteiger partial charge on any atom is 0.286 e. The van der Waals surface area contributed by atoms with E-state index in [4.69, 9.17) is 0 Å². The van der Waals surface area contributed by atoms with E-state index in [1.807, 2.05) is 13.0 Å². The van der Waals surface area contributed by atoms with E-state index in [1.165, 1.54) is 10.5 Å². The van der Waals surface area contributed by atoms with Gasteiger partial charge >= 0.3 is 0 Å². The van der Waals surface area contributed by atoms with Crippen molar-refractivity contribution in [1.29, 1.82) is 0 Å². The van der Waals surface area contributed by atoms with Crippen molar-refractivity contribution in [2.75, 3.05) is 7.05 Å². The summed E-state index contributed by atoms with van der Waals surface area (Å²) in [7, 11) is 1.63. The van der Waals surface area contributed by atoms with Crippen molar-refractivity contribution >= 4 is 12.2 Å². The predicted octanol–water partition coefficient (Wildman–Crippen LogP) is 2.45. The van der Waals surface area contributed by atoms with Gasteiger partial charge in [0.15, 0.2) is 0 Å². The Hall–Kier alpha value is -1.64. The summed E-state index contributed by atoms with van der Waals surface area (Å²) >= 11 is 0. The van der Waals surface area contributed by atoms with Gasteiger partial charge in [0, 0.05) is 13.6 Å². The highest BCUT2D eigenvalue weighted by atomic mass is 16.2. The average molecular weight is 247 g/mol. The fourth-order valence-electron chi connectivity index (χ4n) is 1.76. The van der Waals surface area contributed by atoms with Crippen LogP contribution in [0.3, 0.4) is 0 Å². The van der Waals surface area contributed by atoms with Crippen LogP contribution in [0.15, 0.2) is 18.2 Å². The first-order valence-corrected chi connectivity index (χ1v) is 6.06. The van der Waals surface area contributed by atoms with Crippen molar-refractivity contribution in [1.82, 2.24) is 4.90 Å². The molecule has 0 aliphatic carbocycles. The van der Waals surface area contributed by atoms with E-state index < -0.39 is 5.91 Å². The summed E-state index contributed by atoms with van der Waals surface area (Å²) in [5.74, 6) is -0.491. The first-order valence-electron chi connectivity index (χ1n) is 6.06. The molecule has 0 fully saturated rings. The number of benzene rings is 1. The molecule has 1 aromatic carbocycles. The van der Waals surface area contributed by atoms with Gasteiger partial charge in [-0.25, -0.2) is 0 Å². The molecule has 18 heavy (non-hydrogen) atoms. The van der Waals surface area contributed by atoms with E-state index >= 15 is 0 Å². The molecule has 0 bridgehead atoms. The van der Waals surface area contributed by atoms with Crippen LogP contribution in [0.1, 0.15) is 37.5 Å². The number of amides is 1. The standard InChI is InChI=1S/C15H21NO2/c1-11-8-13(15(2,3)4)7-6-12(11)9-16(5)14(18)10-17/h6-8,10H,9H2,1-5H3. The molecule has 3 heteroatoms. The van der Waals surface area contributed by atoms with Crippen molar-refractivity contribution in [3.63, 3.8) is 0 Å². The molecule has 0 N–H and O–H groups in total. The van der Waals surface area contributed by atoms with Gasteiger partial charge < -0.3 is 4.90 Å². The number of rotatable bonds is 3. The van der Waals surface area contributed by atoms with Crippen LogP contribution in [0.4, 0.5) is 0 Å². The molecule has 1 amide bonds. The van der Waals surface area contributed by atoms with Gasteiger partial charge in [-0.05, 0) is 29.0 Å². The molecule has 0 aliphatic heterocycles. The van der Waals surface area contributed by atoms with Crippen LogP contribution in [-0.4, -0.2) is 24.1 Å². The first kappa shape index (κ1) is 14.4. The molecule has 0 aliphatic rings. The topological polar surface area (TPSA) is 37.4 Å². The minimum absolute atomic E-state index is 0.119. The van der Waals surface area contributed by atoms with Crippen LogP contribution in [-0.2, 0) is 21.5 Å². The SMILES string of the molecule is Cc1cc(C(C)(C)C)ccc1CN(C)C(=O)C=O. The van der Waals surface area contributed by atoms with E-state index in [-0.39, 0.29) is 5.41 Å². The Balaban J connectivity index is 2.93. The zero-order valence-electron chi connectivity index (χ0n) is 11.8. The molecule has 0 atom stereocenters. The highest BCUT2D eigenvalue weighted by Gasteiger charge is 2.15. The molecule has 0 saturated heterocycles. The van der Waals surface area contributed by atoms with Crippen molar-refractivity contribution in [3.05, 3.63) is 34.9 Å². The van der Waals surface area contributed by atoms with Gasteiger partial charge in [-0.15, -0.1) is 0 Å². The van der Waals surface area contributed by atoms with E-state index in [1.54, 1.807) is 7.05 Å². The molecular weight excluding hydrogens is 226 g/mol. The van der Waals surface area contributed by atoms with Gasteiger partial charge in [0.2, 0.25) is 6.29 Å². The summed E-state index contributed by atoms with van der Waals surface area (Å²) < 4.78 is 0. The summed E-state index contributed by atoms with van der Waals surface area (Å²) in [5, 5.41) is 0. The lowest BCUT2D eigenvalue weighted by molar-refractivity contribution is -0.138. The molecule has 98 valence electrons. The second-order valence-electron chi connectivity index (χ2n) is 5.70. The summed E-state index contributed by atoms with van der Waals surface area (Å²) in [6, 6.07) is 6.26. The fraction of sp³-hybridized carbons (Fsp3) is 0.467. The molecule has 0 radical (unpaired) electrons. The van der Waals surface area contributed by atoms with Crippen molar-refractivity contribution in [3.8, 4) is 0 Å². The predicted molar refractivity (Wildman–Crippen MR) is 72.4 cm³/mol. The van der Waals surface area contributed by atoms with Crippen LogP contribution < -0.4 is 0 Å². The van der Waals surface area contributed by atoms with Crippen LogP contribution in [0.5, 0.6) is 0 Å². The lowest BCUT2D eigenvalue weighted by Gasteiger charge is -2.22. The Morgan fingerprint density at radius 1 is 1.33 bits per heavy atom. The Labute approximate surface area is 109 Å². The Morgan fingerprint density at radius 3 is 2.39 bits per heavy atom. The Bertz CT molecular complexity index is 458. The van der Waals surface area contributed by atoms with Crippen LogP contribution >= 0.6 is 0 Å². The zero-order valence-corrected chi connectivity index (χ0v) is 11.8. The van der Waals surface area contributed by atoms with Gasteiger partial charge in [0.05, 0.1) is 0 Å². The number of aryl methyl sites for hydroxylation is 1. The number of nitrogens with zero attached hydrogens (tertiary/aromatic N) is 1. The molecule has 1 aromatic rings. The summed E-state index contributed by atoms with van der Waals surface area (Å²) in [6.07, 6.45) is 0.346. The molecule has 0 unspecified atom stereocenters. The maximum absolute atomic E-state index is 11.2. The fourth-order valence-corrected chi connectivity index (χ4v) is 1.76. The number of aldehydes is 1. The lowest BCUT2D eigenvalue weighted by Crippen LogP contribution is -2.27. The average Bonchev–Trinajstić information content (AvgIpc) is 2.29. The van der Waals surface area contributed by atoms with E-state index in [2.05, 4.69) is 32.9 Å². The van der Waals surface area contributed by atoms with Crippen molar-refractivity contribution in [2.24, 2.45) is 0 Å². The van der Waals surface area contributed by atoms with Crippen LogP contribution in [0.25, 0.3) is 0 Å². The highest BCUT2D eigenvalue weighted by Crippen LogP contribution is 2.24. The molecule has 1 rings (SSSR count). The third kappa shape index (κ3) is 3.42. The number of hydrogen-bond donors (Lipinski definition) is 0. The zero-order chi connectivity index (χ0) is 13.9. The van der Waals surface area contributed by atoms with Crippen molar-refractivity contribution < 1.29 is 9.59 Å². The van der Waals surface area contributed by atoms with Crippen molar-refractivity contribution in [2.45, 2.75) is 39.7 Å². The van der Waals surface area contributed by atoms with Gasteiger partial charge in [-0.2, -0.15) is 0 Å². The second-order valence-corrected chi connectivity index (χ2v) is 5.70. The largest absolute Gasteiger partial charge is 0.335 e. The van der Waals surface area contributed by atoms with E-state index in [0.717, 1.165) is 11.1 Å². The third-order valence-electron chi connectivity index (χ3n) is 3.09. The van der Waals surface area contributed by atoms with Gasteiger partial charge in [-0.3, -0.25) is 9.59 Å². The molecular formula is C15H21NO2. The smallest absolute Gasteiger partial charge is 0.286 e. The molecule has 3 nitrogen and oxygen atoms in total. The van der Waals surface area contributed by atoms with Crippen LogP contribution in [0, 0.1) is 6.92 Å². The number of carbonyl (C=O) groups is 2. The molecule has 0 aromatic heterocycles. The van der Waals surface area contributed by atoms with Crippen LogP contribution in [0.2, 0.25) is 0 Å². The second kappa shape index (κ2) is 5.34. The number of likely N-dealkylation sites (N-methyl/N-ethyl adjacent to an activating group) is 1. The highest BCUT2D eigenvalue weighted by molar-refractivity contribution is 6.23. The normalized spacial score (nSPS) is 11.2. The maximum atomic E-state index is 11.2. The van der Waals surface area contributed by atoms with E-state index in [0.29, 0.717) is 12.8 Å². The molecule has 0 saturated carbocycles. The summed E-state index contributed by atoms with van der Waals surface area (Å²) in [4.78, 5) is 23.1. The quantitative estimate of drug-likeness (QED) is 0.607. The lowest BCUT2D eigenvalue weighted by atomic mass is 9.85. The van der Waals surface area contributed by atoms with Gasteiger partial charge in [0.1, 0.15) is 0 Å².